The van der Waals surface area contributed by atoms with E-state index in [9.17, 15) is 18.0 Å². The second kappa shape index (κ2) is 7.88. The Bertz CT molecular complexity index is 898. The summed E-state index contributed by atoms with van der Waals surface area (Å²) < 4.78 is 39.6. The van der Waals surface area contributed by atoms with Crippen LogP contribution in [-0.4, -0.2) is 16.1 Å². The number of hydrogen-bond donors (Lipinski definition) is 1. The molecule has 1 heterocycles. The molecule has 0 aliphatic carbocycles. The summed E-state index contributed by atoms with van der Waals surface area (Å²) in [6.07, 6.45) is -4.61. The molecule has 0 aliphatic heterocycles. The Balaban J connectivity index is 1.67. The minimum absolute atomic E-state index is 0.155. The van der Waals surface area contributed by atoms with Gasteiger partial charge >= 0.3 is 6.18 Å². The fourth-order valence-electron chi connectivity index (χ4n) is 2.13. The second-order valence-electron chi connectivity index (χ2n) is 5.14. The van der Waals surface area contributed by atoms with Gasteiger partial charge < -0.3 is 0 Å². The fraction of sp³-hybridized carbons (Fsp3) is 0.118. The maximum Gasteiger partial charge on any atom is 0.417 e. The van der Waals surface area contributed by atoms with E-state index in [4.69, 9.17) is 0 Å². The number of carbonyl (C=O) groups excluding carboxylic acids is 1. The van der Waals surface area contributed by atoms with Gasteiger partial charge in [-0.1, -0.05) is 65.6 Å². The highest BCUT2D eigenvalue weighted by Crippen LogP contribution is 2.33. The molecule has 4 nitrogen and oxygen atoms in total. The first-order valence-electron chi connectivity index (χ1n) is 7.41. The topological polar surface area (TPSA) is 54.9 Å². The summed E-state index contributed by atoms with van der Waals surface area (Å²) in [5, 5.41) is 10.3. The highest BCUT2D eigenvalue weighted by Gasteiger charge is 2.35. The Labute approximate surface area is 155 Å². The number of halogens is 3. The smallest absolute Gasteiger partial charge is 0.296 e. The van der Waals surface area contributed by atoms with Crippen molar-refractivity contribution >= 4 is 34.1 Å². The normalized spacial score (nSPS) is 11.3. The third-order valence-corrected chi connectivity index (χ3v) is 5.35. The van der Waals surface area contributed by atoms with Gasteiger partial charge in [0, 0.05) is 5.75 Å². The molecule has 0 radical (unpaired) electrons. The maximum atomic E-state index is 13.0. The Morgan fingerprint density at radius 2 is 1.73 bits per heavy atom. The van der Waals surface area contributed by atoms with Crippen molar-refractivity contribution in [2.75, 3.05) is 5.32 Å². The summed E-state index contributed by atoms with van der Waals surface area (Å²) >= 11 is 2.55. The number of carbonyl (C=O) groups is 1. The number of aromatic nitrogens is 2. The van der Waals surface area contributed by atoms with Crippen molar-refractivity contribution in [3.8, 4) is 0 Å². The number of amides is 1. The average molecular weight is 395 g/mol. The average Bonchev–Trinajstić information content (AvgIpc) is 3.07. The molecule has 0 saturated heterocycles. The number of nitrogens with zero attached hydrogens (tertiary/aromatic N) is 2. The van der Waals surface area contributed by atoms with Crippen LogP contribution in [0.3, 0.4) is 0 Å². The van der Waals surface area contributed by atoms with Crippen molar-refractivity contribution < 1.29 is 18.0 Å². The van der Waals surface area contributed by atoms with Crippen LogP contribution in [0.5, 0.6) is 0 Å². The molecule has 26 heavy (non-hydrogen) atoms. The molecular formula is C17H12F3N3OS2. The van der Waals surface area contributed by atoms with Crippen molar-refractivity contribution in [3.63, 3.8) is 0 Å². The van der Waals surface area contributed by atoms with Crippen LogP contribution in [0.25, 0.3) is 0 Å². The zero-order chi connectivity index (χ0) is 18.6. The number of benzene rings is 2. The molecule has 1 N–H and O–H groups in total. The van der Waals surface area contributed by atoms with Crippen LogP contribution in [0.4, 0.5) is 18.3 Å². The van der Waals surface area contributed by atoms with E-state index in [0.717, 1.165) is 29.0 Å². The number of nitrogens with one attached hydrogen (secondary N) is 1. The van der Waals surface area contributed by atoms with Gasteiger partial charge in [0.05, 0.1) is 11.1 Å². The van der Waals surface area contributed by atoms with E-state index in [0.29, 0.717) is 10.1 Å². The van der Waals surface area contributed by atoms with Crippen LogP contribution >= 0.6 is 23.1 Å². The predicted octanol–water partition coefficient (Wildman–Crippen LogP) is 5.10. The molecule has 0 atom stereocenters. The highest BCUT2D eigenvalue weighted by molar-refractivity contribution is 8.00. The number of alkyl halides is 3. The Morgan fingerprint density at radius 3 is 2.46 bits per heavy atom. The molecule has 134 valence electrons. The molecule has 2 aromatic carbocycles. The summed E-state index contributed by atoms with van der Waals surface area (Å²) in [6.45, 7) is 0. The molecule has 0 unspecified atom stereocenters. The second-order valence-corrected chi connectivity index (χ2v) is 7.34. The molecule has 0 aliphatic rings. The van der Waals surface area contributed by atoms with Gasteiger partial charge in [-0.05, 0) is 17.7 Å². The lowest BCUT2D eigenvalue weighted by molar-refractivity contribution is -0.137. The van der Waals surface area contributed by atoms with Crippen molar-refractivity contribution in [2.24, 2.45) is 0 Å². The van der Waals surface area contributed by atoms with E-state index in [1.54, 1.807) is 0 Å². The van der Waals surface area contributed by atoms with Crippen LogP contribution < -0.4 is 5.32 Å². The summed E-state index contributed by atoms with van der Waals surface area (Å²) in [7, 11) is 0. The lowest BCUT2D eigenvalue weighted by Gasteiger charge is -2.11. The van der Waals surface area contributed by atoms with E-state index in [-0.39, 0.29) is 5.13 Å². The summed E-state index contributed by atoms with van der Waals surface area (Å²) in [4.78, 5) is 12.2. The number of hydrogen-bond acceptors (Lipinski definition) is 5. The van der Waals surface area contributed by atoms with E-state index in [1.165, 1.54) is 23.9 Å². The van der Waals surface area contributed by atoms with Crippen molar-refractivity contribution in [1.82, 2.24) is 10.2 Å². The fourth-order valence-corrected chi connectivity index (χ4v) is 3.83. The van der Waals surface area contributed by atoms with E-state index in [1.807, 2.05) is 30.3 Å². The Hall–Kier alpha value is -2.39. The highest BCUT2D eigenvalue weighted by atomic mass is 32.2. The maximum absolute atomic E-state index is 13.0. The minimum Gasteiger partial charge on any atom is -0.296 e. The molecule has 3 rings (SSSR count). The van der Waals surface area contributed by atoms with Gasteiger partial charge in [0.1, 0.15) is 0 Å². The van der Waals surface area contributed by atoms with Gasteiger partial charge in [-0.15, -0.1) is 10.2 Å². The standard InChI is InChI=1S/C17H12F3N3OS2/c18-17(19,20)13-9-5-4-8-12(13)14(24)21-15-22-23-16(26-15)25-10-11-6-2-1-3-7-11/h1-9H,10H2,(H,21,22,24). The molecule has 0 saturated carbocycles. The van der Waals surface area contributed by atoms with Crippen LogP contribution in [0, 0.1) is 0 Å². The van der Waals surface area contributed by atoms with Crippen molar-refractivity contribution in [1.29, 1.82) is 0 Å². The number of rotatable bonds is 5. The SMILES string of the molecule is O=C(Nc1nnc(SCc2ccccc2)s1)c1ccccc1C(F)(F)F. The third kappa shape index (κ3) is 4.61. The van der Waals surface area contributed by atoms with Crippen LogP contribution in [-0.2, 0) is 11.9 Å². The molecule has 0 fully saturated rings. The monoisotopic (exact) mass is 395 g/mol. The molecule has 0 spiro atoms. The van der Waals surface area contributed by atoms with Crippen LogP contribution in [0.15, 0.2) is 58.9 Å². The quantitative estimate of drug-likeness (QED) is 0.482. The Morgan fingerprint density at radius 1 is 1.04 bits per heavy atom. The largest absolute Gasteiger partial charge is 0.417 e. The lowest BCUT2D eigenvalue weighted by atomic mass is 10.1. The van der Waals surface area contributed by atoms with Crippen LogP contribution in [0.1, 0.15) is 21.5 Å². The van der Waals surface area contributed by atoms with E-state index >= 15 is 0 Å². The van der Waals surface area contributed by atoms with Gasteiger partial charge in [0.15, 0.2) is 4.34 Å². The van der Waals surface area contributed by atoms with Crippen molar-refractivity contribution in [3.05, 3.63) is 71.3 Å². The minimum atomic E-state index is -4.61. The first kappa shape index (κ1) is 18.4. The summed E-state index contributed by atoms with van der Waals surface area (Å²) in [6, 6.07) is 14.4. The van der Waals surface area contributed by atoms with Crippen molar-refractivity contribution in [2.45, 2.75) is 16.3 Å². The number of thioether (sulfide) groups is 1. The first-order chi connectivity index (χ1) is 12.4. The van der Waals surface area contributed by atoms with Gasteiger partial charge in [-0.2, -0.15) is 13.2 Å². The molecule has 1 aromatic heterocycles. The number of anilines is 1. The zero-order valence-corrected chi connectivity index (χ0v) is 14.8. The third-order valence-electron chi connectivity index (χ3n) is 3.31. The molecular weight excluding hydrogens is 383 g/mol. The first-order valence-corrected chi connectivity index (χ1v) is 9.21. The van der Waals surface area contributed by atoms with Gasteiger partial charge in [-0.3, -0.25) is 10.1 Å². The van der Waals surface area contributed by atoms with E-state index < -0.39 is 23.2 Å². The van der Waals surface area contributed by atoms with Crippen LogP contribution in [0.2, 0.25) is 0 Å². The molecule has 3 aromatic rings. The Kier molecular flexibility index (Phi) is 5.58. The van der Waals surface area contributed by atoms with Gasteiger partial charge in [0.2, 0.25) is 5.13 Å². The molecule has 9 heteroatoms. The molecule has 1 amide bonds. The van der Waals surface area contributed by atoms with Gasteiger partial charge in [0.25, 0.3) is 5.91 Å². The summed E-state index contributed by atoms with van der Waals surface area (Å²) in [5.74, 6) is -0.186. The predicted molar refractivity (Wildman–Crippen MR) is 95.3 cm³/mol. The summed E-state index contributed by atoms with van der Waals surface area (Å²) in [5.41, 5.74) is -0.327. The lowest BCUT2D eigenvalue weighted by Crippen LogP contribution is -2.18. The molecule has 0 bridgehead atoms. The van der Waals surface area contributed by atoms with Gasteiger partial charge in [-0.25, -0.2) is 0 Å². The van der Waals surface area contributed by atoms with E-state index in [2.05, 4.69) is 15.5 Å². The zero-order valence-electron chi connectivity index (χ0n) is 13.2.